The maximum absolute atomic E-state index is 13.2. The number of rotatable bonds is 9. The lowest BCUT2D eigenvalue weighted by Gasteiger charge is -2.28. The summed E-state index contributed by atoms with van der Waals surface area (Å²) in [6.45, 7) is 11.2. The largest absolute Gasteiger partial charge is 0.507 e. The van der Waals surface area contributed by atoms with Gasteiger partial charge in [-0.25, -0.2) is 0 Å². The molecule has 1 heterocycles. The first-order valence-corrected chi connectivity index (χ1v) is 12.1. The van der Waals surface area contributed by atoms with Crippen LogP contribution in [0.4, 0.5) is 0 Å². The Kier molecular flexibility index (Phi) is 8.32. The van der Waals surface area contributed by atoms with E-state index in [0.29, 0.717) is 31.0 Å². The van der Waals surface area contributed by atoms with Crippen molar-refractivity contribution >= 4 is 33.4 Å². The van der Waals surface area contributed by atoms with Gasteiger partial charge in [-0.1, -0.05) is 41.9 Å². The van der Waals surface area contributed by atoms with E-state index in [1.54, 1.807) is 17.0 Å². The van der Waals surface area contributed by atoms with Crippen molar-refractivity contribution in [3.05, 3.63) is 69.2 Å². The first-order chi connectivity index (χ1) is 15.8. The van der Waals surface area contributed by atoms with Crippen LogP contribution in [0.5, 0.6) is 5.75 Å². The first-order valence-electron chi connectivity index (χ1n) is 11.3. The molecule has 2 aromatic rings. The molecule has 2 aromatic carbocycles. The minimum atomic E-state index is -0.659. The van der Waals surface area contributed by atoms with Crippen molar-refractivity contribution in [3.8, 4) is 5.75 Å². The Morgan fingerprint density at radius 1 is 1.09 bits per heavy atom. The molecule has 0 aliphatic carbocycles. The van der Waals surface area contributed by atoms with E-state index in [-0.39, 0.29) is 11.3 Å². The molecule has 33 heavy (non-hydrogen) atoms. The Balaban J connectivity index is 2.10. The molecule has 3 rings (SSSR count). The first kappa shape index (κ1) is 25.0. The van der Waals surface area contributed by atoms with Crippen LogP contribution in [0.15, 0.2) is 52.5 Å². The van der Waals surface area contributed by atoms with Crippen molar-refractivity contribution in [1.82, 2.24) is 9.80 Å². The molecular formula is C26H31BrN2O4. The lowest BCUT2D eigenvalue weighted by molar-refractivity contribution is -0.140. The van der Waals surface area contributed by atoms with Crippen LogP contribution in [0, 0.1) is 6.92 Å². The summed E-state index contributed by atoms with van der Waals surface area (Å²) in [6.07, 6.45) is 0. The number of hydrogen-bond acceptors (Lipinski definition) is 5. The van der Waals surface area contributed by atoms with Gasteiger partial charge in [0.1, 0.15) is 11.5 Å². The average Bonchev–Trinajstić information content (AvgIpc) is 3.05. The highest BCUT2D eigenvalue weighted by Gasteiger charge is 2.46. The quantitative estimate of drug-likeness (QED) is 0.292. The Hall–Kier alpha value is -2.64. The SMILES string of the molecule is CCOc1ccc(C(O)=C2C(=O)C(=O)N(CCN(CC)CC)C2c2ccc(Br)cc2)c(C)c1. The molecule has 1 aliphatic heterocycles. The number of hydrogen-bond donors (Lipinski definition) is 1. The van der Waals surface area contributed by atoms with Gasteiger partial charge in [-0.15, -0.1) is 0 Å². The van der Waals surface area contributed by atoms with Gasteiger partial charge >= 0.3 is 0 Å². The molecule has 7 heteroatoms. The van der Waals surface area contributed by atoms with E-state index in [1.807, 2.05) is 44.2 Å². The number of carbonyl (C=O) groups excluding carboxylic acids is 2. The zero-order chi connectivity index (χ0) is 24.1. The summed E-state index contributed by atoms with van der Waals surface area (Å²) in [5.74, 6) is -0.712. The minimum Gasteiger partial charge on any atom is -0.507 e. The lowest BCUT2D eigenvalue weighted by atomic mass is 9.94. The van der Waals surface area contributed by atoms with Gasteiger partial charge in [-0.05, 0) is 68.4 Å². The van der Waals surface area contributed by atoms with Crippen molar-refractivity contribution in [3.63, 3.8) is 0 Å². The number of halogens is 1. The molecule has 0 spiro atoms. The number of Topliss-reactive ketones (excluding diaryl/α,β-unsaturated/α-hetero) is 1. The van der Waals surface area contributed by atoms with Crippen LogP contribution in [0.2, 0.25) is 0 Å². The molecule has 1 amide bonds. The number of aliphatic hydroxyl groups excluding tert-OH is 1. The topological polar surface area (TPSA) is 70.1 Å². The number of likely N-dealkylation sites (N-methyl/N-ethyl adjacent to an activating group) is 1. The maximum atomic E-state index is 13.2. The van der Waals surface area contributed by atoms with Crippen molar-refractivity contribution < 1.29 is 19.4 Å². The van der Waals surface area contributed by atoms with Gasteiger partial charge in [0.15, 0.2) is 0 Å². The van der Waals surface area contributed by atoms with E-state index in [2.05, 4.69) is 34.7 Å². The van der Waals surface area contributed by atoms with E-state index >= 15 is 0 Å². The van der Waals surface area contributed by atoms with Crippen LogP contribution in [-0.4, -0.2) is 59.4 Å². The van der Waals surface area contributed by atoms with Crippen LogP contribution in [0.25, 0.3) is 5.76 Å². The third-order valence-electron chi connectivity index (χ3n) is 6.04. The van der Waals surface area contributed by atoms with Crippen molar-refractivity contribution in [2.45, 2.75) is 33.7 Å². The minimum absolute atomic E-state index is 0.120. The van der Waals surface area contributed by atoms with Crippen molar-refractivity contribution in [1.29, 1.82) is 0 Å². The number of benzene rings is 2. The molecule has 0 radical (unpaired) electrons. The number of nitrogens with zero attached hydrogens (tertiary/aromatic N) is 2. The highest BCUT2D eigenvalue weighted by Crippen LogP contribution is 2.40. The van der Waals surface area contributed by atoms with Gasteiger partial charge in [0.05, 0.1) is 18.2 Å². The lowest BCUT2D eigenvalue weighted by Crippen LogP contribution is -2.38. The van der Waals surface area contributed by atoms with Crippen LogP contribution < -0.4 is 4.74 Å². The molecule has 1 fully saturated rings. The summed E-state index contributed by atoms with van der Waals surface area (Å²) in [4.78, 5) is 30.1. The molecule has 1 N–H and O–H groups in total. The summed E-state index contributed by atoms with van der Waals surface area (Å²) < 4.78 is 6.44. The molecule has 176 valence electrons. The van der Waals surface area contributed by atoms with Crippen LogP contribution in [0.1, 0.15) is 43.5 Å². The van der Waals surface area contributed by atoms with Gasteiger partial charge in [-0.2, -0.15) is 0 Å². The van der Waals surface area contributed by atoms with Crippen molar-refractivity contribution in [2.24, 2.45) is 0 Å². The molecule has 1 unspecified atom stereocenters. The van der Waals surface area contributed by atoms with Crippen molar-refractivity contribution in [2.75, 3.05) is 32.8 Å². The molecule has 1 saturated heterocycles. The third-order valence-corrected chi connectivity index (χ3v) is 6.57. The normalized spacial score (nSPS) is 17.8. The van der Waals surface area contributed by atoms with E-state index in [0.717, 1.165) is 28.7 Å². The summed E-state index contributed by atoms with van der Waals surface area (Å²) in [7, 11) is 0. The molecule has 0 bridgehead atoms. The van der Waals surface area contributed by atoms with E-state index in [1.165, 1.54) is 0 Å². The van der Waals surface area contributed by atoms with Gasteiger partial charge in [0, 0.05) is 23.1 Å². The van der Waals surface area contributed by atoms with Gasteiger partial charge in [0.2, 0.25) is 0 Å². The second kappa shape index (κ2) is 11.0. The Morgan fingerprint density at radius 3 is 2.33 bits per heavy atom. The number of amides is 1. The molecular weight excluding hydrogens is 484 g/mol. The highest BCUT2D eigenvalue weighted by molar-refractivity contribution is 9.10. The Labute approximate surface area is 204 Å². The molecule has 6 nitrogen and oxygen atoms in total. The average molecular weight is 515 g/mol. The van der Waals surface area contributed by atoms with Crippen LogP contribution >= 0.6 is 15.9 Å². The van der Waals surface area contributed by atoms with Crippen LogP contribution in [-0.2, 0) is 9.59 Å². The smallest absolute Gasteiger partial charge is 0.295 e. The molecule has 0 aromatic heterocycles. The van der Waals surface area contributed by atoms with E-state index < -0.39 is 17.7 Å². The van der Waals surface area contributed by atoms with Gasteiger partial charge in [0.25, 0.3) is 11.7 Å². The second-order valence-electron chi connectivity index (χ2n) is 7.98. The number of aliphatic hydroxyl groups is 1. The summed E-state index contributed by atoms with van der Waals surface area (Å²) >= 11 is 3.44. The fourth-order valence-electron chi connectivity index (χ4n) is 4.19. The number of likely N-dealkylation sites (tertiary alicyclic amines) is 1. The summed E-state index contributed by atoms with van der Waals surface area (Å²) in [6, 6.07) is 12.2. The zero-order valence-corrected chi connectivity index (χ0v) is 21.2. The Morgan fingerprint density at radius 2 is 1.76 bits per heavy atom. The number of aryl methyl sites for hydroxylation is 1. The predicted molar refractivity (Wildman–Crippen MR) is 133 cm³/mol. The van der Waals surface area contributed by atoms with Crippen LogP contribution in [0.3, 0.4) is 0 Å². The molecule has 1 atom stereocenters. The Bertz CT molecular complexity index is 1040. The monoisotopic (exact) mass is 514 g/mol. The summed E-state index contributed by atoms with van der Waals surface area (Å²) in [5, 5.41) is 11.3. The molecule has 0 saturated carbocycles. The number of ketones is 1. The fraction of sp³-hybridized carbons (Fsp3) is 0.385. The highest BCUT2D eigenvalue weighted by atomic mass is 79.9. The predicted octanol–water partition coefficient (Wildman–Crippen LogP) is 4.92. The second-order valence-corrected chi connectivity index (χ2v) is 8.90. The maximum Gasteiger partial charge on any atom is 0.295 e. The third kappa shape index (κ3) is 5.31. The standard InChI is InChI=1S/C26H31BrN2O4/c1-5-28(6-2)14-15-29-23(18-8-10-19(27)11-9-18)22(25(31)26(29)32)24(30)21-13-12-20(33-7-3)16-17(21)4/h8-13,16,23,30H,5-7,14-15H2,1-4H3. The van der Waals surface area contributed by atoms with Gasteiger partial charge < -0.3 is 19.6 Å². The van der Waals surface area contributed by atoms with Gasteiger partial charge in [-0.3, -0.25) is 9.59 Å². The van der Waals surface area contributed by atoms with E-state index in [9.17, 15) is 14.7 Å². The zero-order valence-electron chi connectivity index (χ0n) is 19.6. The number of carbonyl (C=O) groups is 2. The summed E-state index contributed by atoms with van der Waals surface area (Å²) in [5.41, 5.74) is 2.18. The fourth-order valence-corrected chi connectivity index (χ4v) is 4.46. The molecule has 1 aliphatic rings. The number of ether oxygens (including phenoxy) is 1. The van der Waals surface area contributed by atoms with E-state index in [4.69, 9.17) is 4.74 Å².